The van der Waals surface area contributed by atoms with E-state index >= 15 is 0 Å². The van der Waals surface area contributed by atoms with Gasteiger partial charge < -0.3 is 19.7 Å². The first-order chi connectivity index (χ1) is 14.5. The fourth-order valence-electron chi connectivity index (χ4n) is 3.89. The van der Waals surface area contributed by atoms with Gasteiger partial charge in [0.1, 0.15) is 0 Å². The molecule has 7 nitrogen and oxygen atoms in total. The van der Waals surface area contributed by atoms with Gasteiger partial charge in [0.15, 0.2) is 11.5 Å². The molecule has 1 aliphatic heterocycles. The molecule has 1 aromatic heterocycles. The summed E-state index contributed by atoms with van der Waals surface area (Å²) in [5.74, 6) is 1.39. The van der Waals surface area contributed by atoms with Gasteiger partial charge in [0.25, 0.3) is 0 Å². The molecule has 0 spiro atoms. The number of anilines is 1. The van der Waals surface area contributed by atoms with Gasteiger partial charge >= 0.3 is 6.03 Å². The largest absolute Gasteiger partial charge is 0.493 e. The van der Waals surface area contributed by atoms with E-state index in [1.165, 1.54) is 5.56 Å². The van der Waals surface area contributed by atoms with Crippen LogP contribution in [0.25, 0.3) is 5.69 Å². The molecule has 7 heteroatoms. The number of nitrogens with one attached hydrogen (secondary N) is 1. The Kier molecular flexibility index (Phi) is 5.35. The van der Waals surface area contributed by atoms with Crippen LogP contribution in [0.5, 0.6) is 11.5 Å². The molecule has 0 bridgehead atoms. The lowest BCUT2D eigenvalue weighted by Crippen LogP contribution is -2.39. The van der Waals surface area contributed by atoms with E-state index in [1.807, 2.05) is 65.9 Å². The van der Waals surface area contributed by atoms with Crippen molar-refractivity contribution in [1.29, 1.82) is 0 Å². The van der Waals surface area contributed by atoms with Gasteiger partial charge in [-0.3, -0.25) is 0 Å². The van der Waals surface area contributed by atoms with E-state index in [9.17, 15) is 4.79 Å². The Bertz CT molecular complexity index is 1090. The molecule has 0 saturated heterocycles. The van der Waals surface area contributed by atoms with Crippen molar-refractivity contribution in [3.8, 4) is 17.2 Å². The van der Waals surface area contributed by atoms with Crippen LogP contribution in [0.15, 0.2) is 42.5 Å². The van der Waals surface area contributed by atoms with Crippen LogP contribution in [-0.2, 0) is 13.0 Å². The number of para-hydroxylation sites is 2. The predicted molar refractivity (Wildman–Crippen MR) is 116 cm³/mol. The van der Waals surface area contributed by atoms with Crippen LogP contribution in [-0.4, -0.2) is 41.5 Å². The fourth-order valence-corrected chi connectivity index (χ4v) is 3.89. The maximum Gasteiger partial charge on any atom is 0.322 e. The molecule has 1 aliphatic rings. The van der Waals surface area contributed by atoms with E-state index in [0.29, 0.717) is 24.6 Å². The molecule has 4 rings (SSSR count). The van der Waals surface area contributed by atoms with Gasteiger partial charge in [-0.15, -0.1) is 0 Å². The van der Waals surface area contributed by atoms with Crippen LogP contribution in [0.2, 0.25) is 0 Å². The van der Waals surface area contributed by atoms with Gasteiger partial charge in [-0.2, -0.15) is 5.10 Å². The van der Waals surface area contributed by atoms with Crippen LogP contribution in [0, 0.1) is 13.8 Å². The van der Waals surface area contributed by atoms with Gasteiger partial charge in [-0.05, 0) is 61.7 Å². The molecule has 0 atom stereocenters. The first-order valence-corrected chi connectivity index (χ1v) is 9.92. The minimum absolute atomic E-state index is 0.135. The third kappa shape index (κ3) is 3.70. The molecule has 0 saturated carbocycles. The van der Waals surface area contributed by atoms with Crippen molar-refractivity contribution in [1.82, 2.24) is 14.7 Å². The van der Waals surface area contributed by atoms with Gasteiger partial charge in [-0.1, -0.05) is 12.1 Å². The van der Waals surface area contributed by atoms with Crippen LogP contribution >= 0.6 is 0 Å². The molecule has 30 heavy (non-hydrogen) atoms. The second-order valence-corrected chi connectivity index (χ2v) is 7.43. The van der Waals surface area contributed by atoms with E-state index < -0.39 is 0 Å². The number of ether oxygens (including phenoxy) is 2. The minimum Gasteiger partial charge on any atom is -0.493 e. The van der Waals surface area contributed by atoms with Crippen molar-refractivity contribution >= 4 is 11.7 Å². The molecular formula is C23H26N4O3. The predicted octanol–water partition coefficient (Wildman–Crippen LogP) is 4.10. The fraction of sp³-hybridized carbons (Fsp3) is 0.304. The zero-order valence-corrected chi connectivity index (χ0v) is 17.7. The highest BCUT2D eigenvalue weighted by atomic mass is 16.5. The molecule has 2 heterocycles. The van der Waals surface area contributed by atoms with Gasteiger partial charge in [0.05, 0.1) is 31.3 Å². The quantitative estimate of drug-likeness (QED) is 0.708. The number of aryl methyl sites for hydroxylation is 2. The number of hydrogen-bond donors (Lipinski definition) is 1. The van der Waals surface area contributed by atoms with Crippen molar-refractivity contribution in [2.75, 3.05) is 26.1 Å². The average Bonchev–Trinajstić information content (AvgIpc) is 3.10. The van der Waals surface area contributed by atoms with Crippen LogP contribution in [0.4, 0.5) is 10.5 Å². The van der Waals surface area contributed by atoms with Gasteiger partial charge in [0, 0.05) is 18.8 Å². The van der Waals surface area contributed by atoms with E-state index in [2.05, 4.69) is 10.4 Å². The molecule has 0 unspecified atom stereocenters. The Morgan fingerprint density at radius 1 is 1.03 bits per heavy atom. The van der Waals surface area contributed by atoms with Crippen molar-refractivity contribution in [3.05, 3.63) is 65.0 Å². The Morgan fingerprint density at radius 2 is 1.73 bits per heavy atom. The van der Waals surface area contributed by atoms with Crippen molar-refractivity contribution in [2.24, 2.45) is 0 Å². The normalized spacial score (nSPS) is 13.0. The molecule has 156 valence electrons. The number of rotatable bonds is 4. The highest BCUT2D eigenvalue weighted by Gasteiger charge is 2.23. The topological polar surface area (TPSA) is 68.6 Å². The Morgan fingerprint density at radius 3 is 2.40 bits per heavy atom. The van der Waals surface area contributed by atoms with Crippen LogP contribution < -0.4 is 14.8 Å². The number of fused-ring (bicyclic) bond motifs is 1. The van der Waals surface area contributed by atoms with Crippen molar-refractivity contribution in [3.63, 3.8) is 0 Å². The monoisotopic (exact) mass is 406 g/mol. The number of aromatic nitrogens is 2. The second kappa shape index (κ2) is 8.10. The number of methoxy groups -OCH3 is 2. The number of benzene rings is 2. The minimum atomic E-state index is -0.135. The van der Waals surface area contributed by atoms with Crippen molar-refractivity contribution in [2.45, 2.75) is 26.8 Å². The summed E-state index contributed by atoms with van der Waals surface area (Å²) in [6.45, 7) is 5.11. The molecular weight excluding hydrogens is 380 g/mol. The number of amides is 2. The molecule has 0 aliphatic carbocycles. The SMILES string of the molecule is COc1cc2c(cc1OC)CN(C(=O)Nc1ccccc1-n1nc(C)cc1C)CC2. The number of urea groups is 1. The van der Waals surface area contributed by atoms with Crippen LogP contribution in [0.3, 0.4) is 0 Å². The number of carbonyl (C=O) groups excluding carboxylic acids is 1. The van der Waals surface area contributed by atoms with E-state index in [0.717, 1.165) is 34.7 Å². The third-order valence-electron chi connectivity index (χ3n) is 5.39. The van der Waals surface area contributed by atoms with E-state index in [-0.39, 0.29) is 6.03 Å². The van der Waals surface area contributed by atoms with E-state index in [4.69, 9.17) is 9.47 Å². The van der Waals surface area contributed by atoms with Gasteiger partial charge in [-0.25, -0.2) is 9.48 Å². The summed E-state index contributed by atoms with van der Waals surface area (Å²) in [5, 5.41) is 7.62. The zero-order chi connectivity index (χ0) is 21.3. The average molecular weight is 406 g/mol. The standard InChI is InChI=1S/C23H26N4O3/c1-15-11-16(2)27(25-15)20-8-6-5-7-19(20)24-23(28)26-10-9-17-12-21(29-3)22(30-4)13-18(17)14-26/h5-8,11-13H,9-10,14H2,1-4H3,(H,24,28). The molecule has 0 radical (unpaired) electrons. The maximum absolute atomic E-state index is 13.1. The van der Waals surface area contributed by atoms with E-state index in [1.54, 1.807) is 14.2 Å². The summed E-state index contributed by atoms with van der Waals surface area (Å²) in [7, 11) is 3.25. The molecule has 0 fully saturated rings. The summed E-state index contributed by atoms with van der Waals surface area (Å²) in [6, 6.07) is 13.5. The summed E-state index contributed by atoms with van der Waals surface area (Å²) in [4.78, 5) is 14.9. The zero-order valence-electron chi connectivity index (χ0n) is 17.7. The van der Waals surface area contributed by atoms with Gasteiger partial charge in [0.2, 0.25) is 0 Å². The summed E-state index contributed by atoms with van der Waals surface area (Å²) < 4.78 is 12.7. The number of carbonyl (C=O) groups is 1. The third-order valence-corrected chi connectivity index (χ3v) is 5.39. The van der Waals surface area contributed by atoms with Crippen molar-refractivity contribution < 1.29 is 14.3 Å². The summed E-state index contributed by atoms with van der Waals surface area (Å²) in [6.07, 6.45) is 0.766. The number of hydrogen-bond acceptors (Lipinski definition) is 4. The molecule has 2 aromatic carbocycles. The Hall–Kier alpha value is -3.48. The second-order valence-electron chi connectivity index (χ2n) is 7.43. The number of nitrogens with zero attached hydrogens (tertiary/aromatic N) is 3. The van der Waals surface area contributed by atoms with Crippen LogP contribution in [0.1, 0.15) is 22.5 Å². The lowest BCUT2D eigenvalue weighted by Gasteiger charge is -2.30. The first kappa shape index (κ1) is 19.8. The smallest absolute Gasteiger partial charge is 0.322 e. The molecule has 1 N–H and O–H groups in total. The molecule has 3 aromatic rings. The first-order valence-electron chi connectivity index (χ1n) is 9.92. The summed E-state index contributed by atoms with van der Waals surface area (Å²) >= 11 is 0. The Balaban J connectivity index is 1.56. The Labute approximate surface area is 176 Å². The molecule has 2 amide bonds. The highest BCUT2D eigenvalue weighted by Crippen LogP contribution is 2.33. The maximum atomic E-state index is 13.1. The summed E-state index contributed by atoms with van der Waals surface area (Å²) in [5.41, 5.74) is 5.78. The lowest BCUT2D eigenvalue weighted by atomic mass is 9.99. The lowest BCUT2D eigenvalue weighted by molar-refractivity contribution is 0.206. The highest BCUT2D eigenvalue weighted by molar-refractivity contribution is 5.91.